The average molecular weight is 336 g/mol. The van der Waals surface area contributed by atoms with Gasteiger partial charge in [0.2, 0.25) is 0 Å². The van der Waals surface area contributed by atoms with Gasteiger partial charge in [-0.05, 0) is 48.2 Å². The lowest BCUT2D eigenvalue weighted by Crippen LogP contribution is -2.21. The maximum atomic E-state index is 10.8. The highest BCUT2D eigenvalue weighted by molar-refractivity contribution is 5.85. The van der Waals surface area contributed by atoms with Crippen LogP contribution in [-0.4, -0.2) is 20.2 Å². The first-order valence-electron chi connectivity index (χ1n) is 7.71. The van der Waals surface area contributed by atoms with E-state index in [9.17, 15) is 15.2 Å². The Morgan fingerprint density at radius 2 is 1.36 bits per heavy atom. The van der Waals surface area contributed by atoms with Gasteiger partial charge in [0.15, 0.2) is 0 Å². The van der Waals surface area contributed by atoms with Gasteiger partial charge in [-0.3, -0.25) is 0 Å². The Bertz CT molecular complexity index is 750. The molecule has 0 radical (unpaired) electrons. The van der Waals surface area contributed by atoms with Gasteiger partial charge >= 0.3 is 0 Å². The Labute approximate surface area is 146 Å². The molecule has 25 heavy (non-hydrogen) atoms. The summed E-state index contributed by atoms with van der Waals surface area (Å²) in [5.41, 5.74) is 2.69. The zero-order valence-electron chi connectivity index (χ0n) is 14.1. The highest BCUT2D eigenvalue weighted by atomic mass is 16.5. The molecule has 5 nitrogen and oxygen atoms in total. The zero-order valence-corrected chi connectivity index (χ0v) is 14.1. The number of carboxylic acid groups (broad SMARTS) is 1. The molecule has 0 aliphatic carbocycles. The van der Waals surface area contributed by atoms with Crippen molar-refractivity contribution >= 4 is 11.5 Å². The van der Waals surface area contributed by atoms with Crippen LogP contribution >= 0.6 is 0 Å². The molecule has 0 amide bonds. The lowest BCUT2D eigenvalue weighted by molar-refractivity contribution is -0.305. The van der Waals surface area contributed by atoms with Crippen LogP contribution in [0.3, 0.4) is 0 Å². The summed E-state index contributed by atoms with van der Waals surface area (Å²) < 4.78 is 10.3. The molecule has 2 rings (SSSR count). The standard InChI is InChI=1S/C20H19NO4/c1-24-17-8-3-14(4-9-17)20(16(13-21)7-12-19(22)23)15-5-10-18(25-2)11-6-15/h3-6,8-11H,7,12H2,1-2H3,(H,22,23)/p-1. The quantitative estimate of drug-likeness (QED) is 0.726. The van der Waals surface area contributed by atoms with Gasteiger partial charge in [0.05, 0.1) is 20.3 Å². The fourth-order valence-electron chi connectivity index (χ4n) is 2.49. The van der Waals surface area contributed by atoms with Crippen molar-refractivity contribution < 1.29 is 19.4 Å². The number of nitrogens with zero attached hydrogens (tertiary/aromatic N) is 1. The van der Waals surface area contributed by atoms with Gasteiger partial charge in [-0.2, -0.15) is 5.26 Å². The van der Waals surface area contributed by atoms with E-state index in [-0.39, 0.29) is 12.8 Å². The molecule has 2 aromatic carbocycles. The van der Waals surface area contributed by atoms with Gasteiger partial charge < -0.3 is 19.4 Å². The van der Waals surface area contributed by atoms with E-state index in [1.54, 1.807) is 38.5 Å². The van der Waals surface area contributed by atoms with Crippen LogP contribution in [0, 0.1) is 11.3 Å². The Hall–Kier alpha value is -3.26. The molecule has 0 aliphatic rings. The summed E-state index contributed by atoms with van der Waals surface area (Å²) in [5.74, 6) is 0.216. The summed E-state index contributed by atoms with van der Waals surface area (Å²) in [6.07, 6.45) is -0.106. The van der Waals surface area contributed by atoms with Gasteiger partial charge in [0.25, 0.3) is 0 Å². The third kappa shape index (κ3) is 4.61. The minimum absolute atomic E-state index is 0.103. The smallest absolute Gasteiger partial charge is 0.118 e. The summed E-state index contributed by atoms with van der Waals surface area (Å²) in [6.45, 7) is 0. The summed E-state index contributed by atoms with van der Waals surface area (Å²) in [4.78, 5) is 10.8. The molecule has 0 heterocycles. The van der Waals surface area contributed by atoms with E-state index in [0.29, 0.717) is 22.6 Å². The first-order chi connectivity index (χ1) is 12.1. The molecule has 0 N–H and O–H groups in total. The van der Waals surface area contributed by atoms with Crippen molar-refractivity contribution in [3.05, 3.63) is 65.2 Å². The van der Waals surface area contributed by atoms with Crippen LogP contribution in [0.2, 0.25) is 0 Å². The van der Waals surface area contributed by atoms with Crippen LogP contribution in [0.1, 0.15) is 24.0 Å². The predicted octanol–water partition coefficient (Wildman–Crippen LogP) is 2.56. The van der Waals surface area contributed by atoms with Crippen molar-refractivity contribution in [2.24, 2.45) is 0 Å². The predicted molar refractivity (Wildman–Crippen MR) is 91.9 cm³/mol. The Morgan fingerprint density at radius 3 is 1.68 bits per heavy atom. The molecule has 0 spiro atoms. The largest absolute Gasteiger partial charge is 0.550 e. The Balaban J connectivity index is 2.55. The second kappa shape index (κ2) is 8.55. The zero-order chi connectivity index (χ0) is 18.2. The number of hydrogen-bond acceptors (Lipinski definition) is 5. The molecule has 0 fully saturated rings. The molecule has 0 unspecified atom stereocenters. The van der Waals surface area contributed by atoms with E-state index in [4.69, 9.17) is 9.47 Å². The van der Waals surface area contributed by atoms with Crippen molar-refractivity contribution in [2.45, 2.75) is 12.8 Å². The molecule has 5 heteroatoms. The average Bonchev–Trinajstić information content (AvgIpc) is 2.65. The van der Waals surface area contributed by atoms with Crippen molar-refractivity contribution in [3.63, 3.8) is 0 Å². The number of carbonyl (C=O) groups excluding carboxylic acids is 1. The van der Waals surface area contributed by atoms with Gasteiger partial charge in [0.1, 0.15) is 11.5 Å². The highest BCUT2D eigenvalue weighted by Gasteiger charge is 2.13. The fourth-order valence-corrected chi connectivity index (χ4v) is 2.49. The fraction of sp³-hybridized carbons (Fsp3) is 0.200. The Morgan fingerprint density at radius 1 is 0.920 bits per heavy atom. The lowest BCUT2D eigenvalue weighted by Gasteiger charge is -2.13. The normalized spacial score (nSPS) is 9.80. The first-order valence-corrected chi connectivity index (χ1v) is 7.71. The number of hydrogen-bond donors (Lipinski definition) is 0. The summed E-state index contributed by atoms with van der Waals surface area (Å²) in [5, 5.41) is 20.4. The summed E-state index contributed by atoms with van der Waals surface area (Å²) >= 11 is 0. The SMILES string of the molecule is COc1ccc(C(=C(C#N)CCC(=O)[O-])c2ccc(OC)cc2)cc1. The van der Waals surface area contributed by atoms with Gasteiger partial charge in [-0.25, -0.2) is 0 Å². The van der Waals surface area contributed by atoms with Gasteiger partial charge in [-0.1, -0.05) is 24.3 Å². The molecule has 0 saturated carbocycles. The molecule has 2 aromatic rings. The number of carboxylic acids is 1. The van der Waals surface area contributed by atoms with Crippen molar-refractivity contribution in [2.75, 3.05) is 14.2 Å². The number of carbonyl (C=O) groups is 1. The van der Waals surface area contributed by atoms with Crippen LogP contribution in [0.25, 0.3) is 5.57 Å². The number of benzene rings is 2. The minimum atomic E-state index is -1.18. The van der Waals surface area contributed by atoms with E-state index in [2.05, 4.69) is 6.07 Å². The number of nitriles is 1. The molecule has 0 aromatic heterocycles. The molecular weight excluding hydrogens is 318 g/mol. The van der Waals surface area contributed by atoms with E-state index in [1.807, 2.05) is 24.3 Å². The molecule has 0 aliphatic heterocycles. The van der Waals surface area contributed by atoms with E-state index >= 15 is 0 Å². The maximum absolute atomic E-state index is 10.8. The second-order valence-electron chi connectivity index (χ2n) is 5.29. The topological polar surface area (TPSA) is 82.4 Å². The third-order valence-electron chi connectivity index (χ3n) is 3.77. The second-order valence-corrected chi connectivity index (χ2v) is 5.29. The molecular formula is C20H18NO4-. The molecule has 0 atom stereocenters. The third-order valence-corrected chi connectivity index (χ3v) is 3.77. The Kier molecular flexibility index (Phi) is 6.19. The number of allylic oxidation sites excluding steroid dienone is 1. The van der Waals surface area contributed by atoms with Crippen LogP contribution in [0.15, 0.2) is 54.1 Å². The van der Waals surface area contributed by atoms with Crippen LogP contribution < -0.4 is 14.6 Å². The summed E-state index contributed by atoms with van der Waals surface area (Å²) in [6, 6.07) is 16.7. The van der Waals surface area contributed by atoms with E-state index in [0.717, 1.165) is 11.1 Å². The number of methoxy groups -OCH3 is 2. The monoisotopic (exact) mass is 336 g/mol. The van der Waals surface area contributed by atoms with Crippen LogP contribution in [0.5, 0.6) is 11.5 Å². The van der Waals surface area contributed by atoms with Crippen molar-refractivity contribution in [3.8, 4) is 17.6 Å². The van der Waals surface area contributed by atoms with Gasteiger partial charge in [0, 0.05) is 17.1 Å². The molecule has 0 bridgehead atoms. The van der Waals surface area contributed by atoms with Gasteiger partial charge in [-0.15, -0.1) is 0 Å². The van der Waals surface area contributed by atoms with Crippen molar-refractivity contribution in [1.82, 2.24) is 0 Å². The van der Waals surface area contributed by atoms with E-state index in [1.165, 1.54) is 0 Å². The molecule has 0 saturated heterocycles. The number of rotatable bonds is 7. The molecule has 128 valence electrons. The van der Waals surface area contributed by atoms with E-state index < -0.39 is 5.97 Å². The lowest BCUT2D eigenvalue weighted by atomic mass is 9.91. The number of ether oxygens (including phenoxy) is 2. The highest BCUT2D eigenvalue weighted by Crippen LogP contribution is 2.31. The maximum Gasteiger partial charge on any atom is 0.118 e. The summed E-state index contributed by atoms with van der Waals surface area (Å²) in [7, 11) is 3.16. The van der Waals surface area contributed by atoms with Crippen LogP contribution in [0.4, 0.5) is 0 Å². The van der Waals surface area contributed by atoms with Crippen LogP contribution in [-0.2, 0) is 4.79 Å². The minimum Gasteiger partial charge on any atom is -0.550 e. The first kappa shape index (κ1) is 18.1. The number of aliphatic carboxylic acids is 1. The van der Waals surface area contributed by atoms with Crippen molar-refractivity contribution in [1.29, 1.82) is 5.26 Å².